The molecular weight excluding hydrogens is 248 g/mol. The third kappa shape index (κ3) is 3.13. The monoisotopic (exact) mass is 270 g/mol. The molecule has 20 heavy (non-hydrogen) atoms. The zero-order chi connectivity index (χ0) is 14.5. The van der Waals surface area contributed by atoms with Crippen molar-refractivity contribution in [2.24, 2.45) is 0 Å². The van der Waals surface area contributed by atoms with Gasteiger partial charge in [-0.1, -0.05) is 13.8 Å². The lowest BCUT2D eigenvalue weighted by Crippen LogP contribution is -2.09. The highest BCUT2D eigenvalue weighted by atomic mass is 15.0. The van der Waals surface area contributed by atoms with Crippen LogP contribution >= 0.6 is 0 Å². The summed E-state index contributed by atoms with van der Waals surface area (Å²) in [5.74, 6) is 1.63. The first-order valence-corrected chi connectivity index (χ1v) is 7.20. The van der Waals surface area contributed by atoms with Gasteiger partial charge in [0.1, 0.15) is 11.5 Å². The first kappa shape index (κ1) is 14.4. The fourth-order valence-corrected chi connectivity index (χ4v) is 2.10. The predicted molar refractivity (Wildman–Crippen MR) is 82.9 cm³/mol. The average molecular weight is 270 g/mol. The molecule has 0 aliphatic heterocycles. The smallest absolute Gasteiger partial charge is 0.180 e. The molecular formula is C16H22N4. The maximum Gasteiger partial charge on any atom is 0.180 e. The maximum atomic E-state index is 4.66. The SMILES string of the molecule is CCCNc1nc(-c2cc(C)ccn2)nc(CC)c1C. The summed E-state index contributed by atoms with van der Waals surface area (Å²) in [4.78, 5) is 13.7. The molecule has 0 fully saturated rings. The van der Waals surface area contributed by atoms with Crippen LogP contribution < -0.4 is 5.32 Å². The lowest BCUT2D eigenvalue weighted by Gasteiger charge is -2.12. The third-order valence-electron chi connectivity index (χ3n) is 3.27. The zero-order valence-electron chi connectivity index (χ0n) is 12.7. The highest BCUT2D eigenvalue weighted by molar-refractivity contribution is 5.57. The Morgan fingerprint density at radius 1 is 1.15 bits per heavy atom. The normalized spacial score (nSPS) is 10.6. The molecule has 0 aromatic carbocycles. The molecule has 2 aromatic heterocycles. The Morgan fingerprint density at radius 3 is 2.60 bits per heavy atom. The lowest BCUT2D eigenvalue weighted by molar-refractivity contribution is 0.933. The molecule has 2 aromatic rings. The van der Waals surface area contributed by atoms with Crippen LogP contribution in [0.4, 0.5) is 5.82 Å². The van der Waals surface area contributed by atoms with Gasteiger partial charge in [-0.15, -0.1) is 0 Å². The molecule has 2 rings (SSSR count). The second kappa shape index (κ2) is 6.46. The van der Waals surface area contributed by atoms with Gasteiger partial charge in [-0.25, -0.2) is 9.97 Å². The quantitative estimate of drug-likeness (QED) is 0.903. The Bertz CT molecular complexity index is 593. The van der Waals surface area contributed by atoms with Gasteiger partial charge >= 0.3 is 0 Å². The molecule has 0 radical (unpaired) electrons. The predicted octanol–water partition coefficient (Wildman–Crippen LogP) is 3.54. The molecule has 0 saturated heterocycles. The van der Waals surface area contributed by atoms with Crippen LogP contribution in [0.25, 0.3) is 11.5 Å². The number of rotatable bonds is 5. The summed E-state index contributed by atoms with van der Waals surface area (Å²) >= 11 is 0. The van der Waals surface area contributed by atoms with Gasteiger partial charge in [0.05, 0.1) is 0 Å². The van der Waals surface area contributed by atoms with Crippen molar-refractivity contribution in [2.75, 3.05) is 11.9 Å². The maximum absolute atomic E-state index is 4.66. The molecule has 1 N–H and O–H groups in total. The van der Waals surface area contributed by atoms with Gasteiger partial charge in [0.25, 0.3) is 0 Å². The average Bonchev–Trinajstić information content (AvgIpc) is 2.46. The lowest BCUT2D eigenvalue weighted by atomic mass is 10.1. The Morgan fingerprint density at radius 2 is 1.95 bits per heavy atom. The molecule has 0 spiro atoms. The van der Waals surface area contributed by atoms with Crippen molar-refractivity contribution in [2.45, 2.75) is 40.5 Å². The highest BCUT2D eigenvalue weighted by Crippen LogP contribution is 2.21. The standard InChI is InChI=1S/C16H22N4/c1-5-8-18-15-12(4)13(6-2)19-16(20-15)14-10-11(3)7-9-17-14/h7,9-10H,5-6,8H2,1-4H3,(H,18,19,20). The molecule has 0 aliphatic rings. The van der Waals surface area contributed by atoms with Gasteiger partial charge in [-0.05, 0) is 44.4 Å². The number of hydrogen-bond donors (Lipinski definition) is 1. The number of nitrogens with one attached hydrogen (secondary N) is 1. The van der Waals surface area contributed by atoms with Crippen molar-refractivity contribution in [1.82, 2.24) is 15.0 Å². The van der Waals surface area contributed by atoms with Crippen molar-refractivity contribution in [3.8, 4) is 11.5 Å². The second-order valence-corrected chi connectivity index (χ2v) is 4.97. The number of aryl methyl sites for hydroxylation is 2. The number of aromatic nitrogens is 3. The van der Waals surface area contributed by atoms with E-state index in [1.807, 2.05) is 12.1 Å². The Hall–Kier alpha value is -1.97. The largest absolute Gasteiger partial charge is 0.370 e. The van der Waals surface area contributed by atoms with Crippen LogP contribution in [0.2, 0.25) is 0 Å². The molecule has 106 valence electrons. The fourth-order valence-electron chi connectivity index (χ4n) is 2.10. The van der Waals surface area contributed by atoms with E-state index in [1.165, 1.54) is 5.56 Å². The van der Waals surface area contributed by atoms with Crippen LogP contribution in [0.3, 0.4) is 0 Å². The molecule has 4 nitrogen and oxygen atoms in total. The van der Waals surface area contributed by atoms with E-state index in [1.54, 1.807) is 6.20 Å². The Balaban J connectivity index is 2.48. The Labute approximate surface area is 120 Å². The third-order valence-corrected chi connectivity index (χ3v) is 3.27. The summed E-state index contributed by atoms with van der Waals surface area (Å²) in [6.07, 6.45) is 3.77. The van der Waals surface area contributed by atoms with E-state index < -0.39 is 0 Å². The van der Waals surface area contributed by atoms with E-state index in [0.717, 1.165) is 42.2 Å². The molecule has 2 heterocycles. The number of pyridine rings is 1. The number of anilines is 1. The van der Waals surface area contributed by atoms with Crippen LogP contribution in [0.15, 0.2) is 18.3 Å². The van der Waals surface area contributed by atoms with Crippen molar-refractivity contribution < 1.29 is 0 Å². The van der Waals surface area contributed by atoms with Crippen molar-refractivity contribution >= 4 is 5.82 Å². The summed E-state index contributed by atoms with van der Waals surface area (Å²) in [6, 6.07) is 4.00. The van der Waals surface area contributed by atoms with E-state index in [4.69, 9.17) is 0 Å². The van der Waals surface area contributed by atoms with E-state index in [-0.39, 0.29) is 0 Å². The minimum atomic E-state index is 0.703. The first-order valence-electron chi connectivity index (χ1n) is 7.20. The first-order chi connectivity index (χ1) is 9.65. The van der Waals surface area contributed by atoms with Gasteiger partial charge in [-0.2, -0.15) is 0 Å². The topological polar surface area (TPSA) is 50.7 Å². The summed E-state index contributed by atoms with van der Waals surface area (Å²) in [5.41, 5.74) is 4.22. The molecule has 0 bridgehead atoms. The van der Waals surface area contributed by atoms with E-state index in [9.17, 15) is 0 Å². The number of nitrogens with zero attached hydrogens (tertiary/aromatic N) is 3. The van der Waals surface area contributed by atoms with Gasteiger partial charge in [0.2, 0.25) is 0 Å². The van der Waals surface area contributed by atoms with E-state index >= 15 is 0 Å². The zero-order valence-corrected chi connectivity index (χ0v) is 12.7. The van der Waals surface area contributed by atoms with E-state index in [0.29, 0.717) is 5.82 Å². The van der Waals surface area contributed by atoms with Crippen LogP contribution in [0, 0.1) is 13.8 Å². The summed E-state index contributed by atoms with van der Waals surface area (Å²) in [5, 5.41) is 3.38. The minimum Gasteiger partial charge on any atom is -0.370 e. The molecule has 0 atom stereocenters. The van der Waals surface area contributed by atoms with Gasteiger partial charge in [-0.3, -0.25) is 4.98 Å². The van der Waals surface area contributed by atoms with Gasteiger partial charge in [0, 0.05) is 24.0 Å². The minimum absolute atomic E-state index is 0.703. The summed E-state index contributed by atoms with van der Waals surface area (Å²) < 4.78 is 0. The highest BCUT2D eigenvalue weighted by Gasteiger charge is 2.11. The fraction of sp³-hybridized carbons (Fsp3) is 0.438. The van der Waals surface area contributed by atoms with Crippen molar-refractivity contribution in [3.63, 3.8) is 0 Å². The van der Waals surface area contributed by atoms with Crippen LogP contribution in [-0.4, -0.2) is 21.5 Å². The van der Waals surface area contributed by atoms with Crippen LogP contribution in [0.1, 0.15) is 37.1 Å². The van der Waals surface area contributed by atoms with Crippen molar-refractivity contribution in [3.05, 3.63) is 35.2 Å². The van der Waals surface area contributed by atoms with Gasteiger partial charge in [0.15, 0.2) is 5.82 Å². The van der Waals surface area contributed by atoms with Crippen LogP contribution in [-0.2, 0) is 6.42 Å². The molecule has 0 aliphatic carbocycles. The van der Waals surface area contributed by atoms with E-state index in [2.05, 4.69) is 48.0 Å². The second-order valence-electron chi connectivity index (χ2n) is 4.97. The molecule has 0 saturated carbocycles. The summed E-state index contributed by atoms with van der Waals surface area (Å²) in [6.45, 7) is 9.31. The van der Waals surface area contributed by atoms with Crippen molar-refractivity contribution in [1.29, 1.82) is 0 Å². The Kier molecular flexibility index (Phi) is 4.66. The number of hydrogen-bond acceptors (Lipinski definition) is 4. The molecule has 0 amide bonds. The summed E-state index contributed by atoms with van der Waals surface area (Å²) in [7, 11) is 0. The van der Waals surface area contributed by atoms with Gasteiger partial charge < -0.3 is 5.32 Å². The van der Waals surface area contributed by atoms with Crippen LogP contribution in [0.5, 0.6) is 0 Å². The molecule has 4 heteroatoms. The molecule has 0 unspecified atom stereocenters.